The van der Waals surface area contributed by atoms with Gasteiger partial charge in [-0.25, -0.2) is 9.78 Å². The first-order valence-corrected chi connectivity index (χ1v) is 9.21. The highest BCUT2D eigenvalue weighted by Gasteiger charge is 2.40. The second-order valence-corrected chi connectivity index (χ2v) is 6.97. The Morgan fingerprint density at radius 1 is 1.07 bits per heavy atom. The average molecular weight is 411 g/mol. The third-order valence-corrected chi connectivity index (χ3v) is 4.46. The number of anilines is 1. The van der Waals surface area contributed by atoms with Crippen molar-refractivity contribution in [2.45, 2.75) is 32.3 Å². The molecule has 1 aromatic heterocycles. The average Bonchev–Trinajstić information content (AvgIpc) is 2.64. The molecule has 29 heavy (non-hydrogen) atoms. The number of pyridine rings is 1. The summed E-state index contributed by atoms with van der Waals surface area (Å²) in [6.07, 6.45) is 3.61. The number of likely N-dealkylation sites (tertiary alicyclic amines) is 1. The zero-order valence-electron chi connectivity index (χ0n) is 17.0. The molecule has 0 unspecified atom stereocenters. The smallest absolute Gasteiger partial charge is 0.339 e. The Balaban J connectivity index is 0.000000452. The molecule has 0 radical (unpaired) electrons. The monoisotopic (exact) mass is 411 g/mol. The number of hydrogen-bond acceptors (Lipinski definition) is 7. The number of carboxylic acids is 3. The van der Waals surface area contributed by atoms with E-state index in [0.29, 0.717) is 19.0 Å². The molecule has 2 fully saturated rings. The molecular formula is C19H29N3O7. The maximum absolute atomic E-state index is 11.4. The largest absolute Gasteiger partial charge is 0.481 e. The number of ether oxygens (including phenoxy) is 1. The first-order chi connectivity index (χ1) is 13.6. The van der Waals surface area contributed by atoms with Crippen molar-refractivity contribution in [3.8, 4) is 0 Å². The molecule has 0 aromatic carbocycles. The topological polar surface area (TPSA) is 140 Å². The van der Waals surface area contributed by atoms with Gasteiger partial charge in [0.1, 0.15) is 11.4 Å². The molecule has 0 saturated carbocycles. The van der Waals surface area contributed by atoms with Gasteiger partial charge in [0, 0.05) is 46.2 Å². The van der Waals surface area contributed by atoms with E-state index in [9.17, 15) is 9.90 Å². The van der Waals surface area contributed by atoms with Crippen molar-refractivity contribution in [3.05, 3.63) is 23.9 Å². The number of rotatable bonds is 2. The number of hydrogen-bond donors (Lipinski definition) is 3. The number of aromatic carboxylic acids is 1. The lowest BCUT2D eigenvalue weighted by Crippen LogP contribution is -2.56. The number of aromatic nitrogens is 1. The number of carboxylic acid groups (broad SMARTS) is 3. The van der Waals surface area contributed by atoms with E-state index in [1.807, 2.05) is 0 Å². The highest BCUT2D eigenvalue weighted by Crippen LogP contribution is 2.32. The van der Waals surface area contributed by atoms with Gasteiger partial charge in [0.2, 0.25) is 0 Å². The van der Waals surface area contributed by atoms with Crippen LogP contribution in [0, 0.1) is 0 Å². The second kappa shape index (κ2) is 11.3. The van der Waals surface area contributed by atoms with Gasteiger partial charge in [-0.05, 0) is 32.0 Å². The predicted molar refractivity (Wildman–Crippen MR) is 105 cm³/mol. The van der Waals surface area contributed by atoms with E-state index in [1.165, 1.54) is 0 Å². The van der Waals surface area contributed by atoms with Crippen molar-refractivity contribution < 1.29 is 34.4 Å². The van der Waals surface area contributed by atoms with Crippen molar-refractivity contribution in [1.29, 1.82) is 0 Å². The molecule has 2 aliphatic rings. The summed E-state index contributed by atoms with van der Waals surface area (Å²) >= 11 is 0. The van der Waals surface area contributed by atoms with Crippen LogP contribution >= 0.6 is 0 Å². The first kappa shape index (κ1) is 24.3. The third kappa shape index (κ3) is 8.44. The lowest BCUT2D eigenvalue weighted by molar-refractivity contribution is -0.135. The lowest BCUT2D eigenvalue weighted by Gasteiger charge is -2.47. The third-order valence-electron chi connectivity index (χ3n) is 4.46. The van der Waals surface area contributed by atoms with Gasteiger partial charge in [-0.1, -0.05) is 0 Å². The number of piperidine rings is 1. The van der Waals surface area contributed by atoms with Crippen LogP contribution in [0.15, 0.2) is 18.3 Å². The highest BCUT2D eigenvalue weighted by atomic mass is 16.5. The van der Waals surface area contributed by atoms with Crippen LogP contribution in [0.2, 0.25) is 0 Å². The van der Waals surface area contributed by atoms with Gasteiger partial charge in [0.15, 0.2) is 0 Å². The van der Waals surface area contributed by atoms with Crippen molar-refractivity contribution in [2.24, 2.45) is 0 Å². The zero-order chi connectivity index (χ0) is 22.0. The molecule has 0 bridgehead atoms. The molecule has 10 heteroatoms. The summed E-state index contributed by atoms with van der Waals surface area (Å²) in [5.41, 5.74) is 0.111. The van der Waals surface area contributed by atoms with Crippen LogP contribution in [0.4, 0.5) is 5.82 Å². The number of aliphatic carboxylic acids is 2. The molecule has 1 aromatic rings. The van der Waals surface area contributed by atoms with Gasteiger partial charge in [0.25, 0.3) is 11.9 Å². The summed E-state index contributed by atoms with van der Waals surface area (Å²) in [7, 11) is 2.12. The molecule has 3 heterocycles. The van der Waals surface area contributed by atoms with Crippen LogP contribution in [0.1, 0.15) is 37.0 Å². The quantitative estimate of drug-likeness (QED) is 0.651. The van der Waals surface area contributed by atoms with E-state index in [4.69, 9.17) is 24.5 Å². The summed E-state index contributed by atoms with van der Waals surface area (Å²) in [6.45, 7) is 6.23. The zero-order valence-corrected chi connectivity index (χ0v) is 17.0. The Kier molecular flexibility index (Phi) is 9.49. The van der Waals surface area contributed by atoms with Gasteiger partial charge in [-0.15, -0.1) is 0 Å². The highest BCUT2D eigenvalue weighted by molar-refractivity contribution is 5.93. The molecule has 1 spiro atoms. The standard InChI is InChI=1S/C15H21N3O3.2C2H4O2/c1-17-7-4-15(5-8-17)11-18(9-10-21-15)13-12(14(19)20)3-2-6-16-13;2*1-2(3)4/h2-3,6H,4-5,7-11H2,1H3,(H,19,20);2*1H3,(H,3,4). The van der Waals surface area contributed by atoms with Crippen molar-refractivity contribution in [1.82, 2.24) is 9.88 Å². The van der Waals surface area contributed by atoms with Gasteiger partial charge >= 0.3 is 5.97 Å². The van der Waals surface area contributed by atoms with E-state index >= 15 is 0 Å². The molecule has 0 atom stereocenters. The van der Waals surface area contributed by atoms with Crippen LogP contribution in [0.25, 0.3) is 0 Å². The minimum Gasteiger partial charge on any atom is -0.481 e. The summed E-state index contributed by atoms with van der Waals surface area (Å²) < 4.78 is 6.06. The fourth-order valence-corrected chi connectivity index (χ4v) is 3.17. The van der Waals surface area contributed by atoms with Crippen LogP contribution in [0.3, 0.4) is 0 Å². The van der Waals surface area contributed by atoms with Crippen LogP contribution in [-0.4, -0.2) is 88.5 Å². The normalized spacial score (nSPS) is 18.0. The van der Waals surface area contributed by atoms with Crippen LogP contribution in [-0.2, 0) is 14.3 Å². The molecule has 3 rings (SSSR count). The van der Waals surface area contributed by atoms with Crippen molar-refractivity contribution in [3.63, 3.8) is 0 Å². The van der Waals surface area contributed by atoms with Gasteiger partial charge in [-0.2, -0.15) is 0 Å². The Morgan fingerprint density at radius 2 is 1.62 bits per heavy atom. The minimum absolute atomic E-state index is 0.155. The SMILES string of the molecule is CC(=O)O.CC(=O)O.CN1CCC2(CC1)CN(c1ncccc1C(=O)O)CCO2. The van der Waals surface area contributed by atoms with E-state index in [2.05, 4.69) is 21.8 Å². The summed E-state index contributed by atoms with van der Waals surface area (Å²) in [6, 6.07) is 3.28. The maximum atomic E-state index is 11.4. The molecular weight excluding hydrogens is 382 g/mol. The molecule has 3 N–H and O–H groups in total. The molecule has 0 aliphatic carbocycles. The summed E-state index contributed by atoms with van der Waals surface area (Å²) in [5, 5.41) is 24.2. The van der Waals surface area contributed by atoms with E-state index in [1.54, 1.807) is 18.3 Å². The second-order valence-electron chi connectivity index (χ2n) is 6.97. The van der Waals surface area contributed by atoms with Gasteiger partial charge in [0.05, 0.1) is 12.2 Å². The Hall–Kier alpha value is -2.72. The molecule has 162 valence electrons. The van der Waals surface area contributed by atoms with Gasteiger partial charge < -0.3 is 29.9 Å². The van der Waals surface area contributed by atoms with E-state index in [0.717, 1.165) is 46.3 Å². The van der Waals surface area contributed by atoms with E-state index in [-0.39, 0.29) is 11.2 Å². The van der Waals surface area contributed by atoms with E-state index < -0.39 is 17.9 Å². The number of morpholine rings is 1. The van der Waals surface area contributed by atoms with Crippen LogP contribution in [0.5, 0.6) is 0 Å². The molecule has 10 nitrogen and oxygen atoms in total. The summed E-state index contributed by atoms with van der Waals surface area (Å²) in [4.78, 5) is 38.0. The molecule has 0 amide bonds. The fraction of sp³-hybridized carbons (Fsp3) is 0.579. The van der Waals surface area contributed by atoms with Crippen LogP contribution < -0.4 is 4.90 Å². The van der Waals surface area contributed by atoms with Crippen molar-refractivity contribution >= 4 is 23.7 Å². The number of carbonyl (C=O) groups is 3. The number of nitrogens with zero attached hydrogens (tertiary/aromatic N) is 3. The Labute approximate surface area is 169 Å². The lowest BCUT2D eigenvalue weighted by atomic mass is 9.89. The summed E-state index contributed by atoms with van der Waals surface area (Å²) in [5.74, 6) is -2.03. The fourth-order valence-electron chi connectivity index (χ4n) is 3.17. The molecule has 2 saturated heterocycles. The predicted octanol–water partition coefficient (Wildman–Crippen LogP) is 1.26. The van der Waals surface area contributed by atoms with Gasteiger partial charge in [-0.3, -0.25) is 9.59 Å². The Morgan fingerprint density at radius 3 is 2.14 bits per heavy atom. The molecule has 2 aliphatic heterocycles. The first-order valence-electron chi connectivity index (χ1n) is 9.21. The minimum atomic E-state index is -0.929. The maximum Gasteiger partial charge on any atom is 0.339 e. The Bertz CT molecular complexity index is 683. The van der Waals surface area contributed by atoms with Crippen molar-refractivity contribution in [2.75, 3.05) is 44.7 Å².